The topological polar surface area (TPSA) is 0 Å². The standard InChI is InChI=1S/C23H27.C10H9.C2H7Si.2ClH.Zr/c1-6-16(2)19-14-18-8-7-9-21(22(18)15-19)17-10-12-20(13-11-17)23(3,4)5;1-8-6-9-4-2-3-5-10(9)7-8;1-3-2;;;/h7-16H,6H2,1-5H3;2-7H,1H3;3H,1-2H3;2*1H;/q;;;;;+2/p-2. The van der Waals surface area contributed by atoms with Crippen molar-refractivity contribution in [2.45, 2.75) is 73.7 Å². The third-order valence-corrected chi connectivity index (χ3v) is 61.7. The van der Waals surface area contributed by atoms with Crippen molar-refractivity contribution in [3.63, 3.8) is 0 Å². The van der Waals surface area contributed by atoms with Crippen molar-refractivity contribution >= 4 is 35.1 Å². The molecule has 3 aromatic carbocycles. The molecule has 0 saturated carbocycles. The van der Waals surface area contributed by atoms with Crippen LogP contribution in [0.4, 0.5) is 0 Å². The molecule has 0 aliphatic heterocycles. The molecule has 39 heavy (non-hydrogen) atoms. The molecule has 0 heterocycles. The van der Waals surface area contributed by atoms with E-state index in [2.05, 4.69) is 134 Å². The molecule has 0 saturated heterocycles. The van der Waals surface area contributed by atoms with Gasteiger partial charge in [0.2, 0.25) is 0 Å². The number of hydrogen-bond donors (Lipinski definition) is 0. The molecule has 2 aliphatic rings. The molecular formula is C35H43Cl2SiZr. The van der Waals surface area contributed by atoms with E-state index in [4.69, 9.17) is 17.0 Å². The summed E-state index contributed by atoms with van der Waals surface area (Å²) in [7, 11) is 16.8. The SMILES string of the molecule is CCC(C)C1=Cc2c(-c3ccc(C(C)(C)C)cc3)cccc2[CH]1[Zr]([Cl])([Cl])([CH]1C(C)=Cc2ccccc21)[SiH](C)C. The first-order chi connectivity index (χ1) is 18.3. The Morgan fingerprint density at radius 3 is 2.10 bits per heavy atom. The van der Waals surface area contributed by atoms with Gasteiger partial charge in [-0.15, -0.1) is 0 Å². The minimum atomic E-state index is -4.63. The number of rotatable bonds is 6. The van der Waals surface area contributed by atoms with E-state index >= 15 is 0 Å². The Morgan fingerprint density at radius 2 is 1.49 bits per heavy atom. The quantitative estimate of drug-likeness (QED) is 0.232. The van der Waals surface area contributed by atoms with E-state index in [0.717, 1.165) is 6.42 Å². The maximum atomic E-state index is 8.41. The van der Waals surface area contributed by atoms with Gasteiger partial charge in [-0.1, -0.05) is 0 Å². The molecule has 0 radical (unpaired) electrons. The molecular weight excluding hydrogens is 611 g/mol. The van der Waals surface area contributed by atoms with Gasteiger partial charge >= 0.3 is 247 Å². The summed E-state index contributed by atoms with van der Waals surface area (Å²) in [6.07, 6.45) is 5.93. The van der Waals surface area contributed by atoms with Crippen molar-refractivity contribution in [1.29, 1.82) is 0 Å². The first-order valence-corrected chi connectivity index (χ1v) is 30.9. The summed E-state index contributed by atoms with van der Waals surface area (Å²) in [6, 6.07) is 24.9. The van der Waals surface area contributed by atoms with E-state index in [-0.39, 0.29) is 12.7 Å². The third kappa shape index (κ3) is 4.67. The summed E-state index contributed by atoms with van der Waals surface area (Å²) in [6.45, 7) is 18.6. The van der Waals surface area contributed by atoms with Crippen molar-refractivity contribution in [3.05, 3.63) is 106 Å². The van der Waals surface area contributed by atoms with Crippen LogP contribution in [-0.2, 0) is 21.0 Å². The van der Waals surface area contributed by atoms with Gasteiger partial charge < -0.3 is 0 Å². The summed E-state index contributed by atoms with van der Waals surface area (Å²) in [5.74, 6) is -1.10. The average Bonchev–Trinajstić information content (AvgIpc) is 3.46. The average molecular weight is 654 g/mol. The van der Waals surface area contributed by atoms with Crippen molar-refractivity contribution in [3.8, 4) is 11.1 Å². The van der Waals surface area contributed by atoms with E-state index < -0.39 is 21.5 Å². The molecule has 0 spiro atoms. The number of allylic oxidation sites excluding steroid dienone is 2. The molecule has 0 aromatic heterocycles. The monoisotopic (exact) mass is 651 g/mol. The molecule has 0 N–H and O–H groups in total. The number of halogens is 2. The summed E-state index contributed by atoms with van der Waals surface area (Å²) in [5.41, 5.74) is 12.3. The second-order valence-electron chi connectivity index (χ2n) is 13.4. The Hall–Kier alpha value is -1.18. The predicted octanol–water partition coefficient (Wildman–Crippen LogP) is 11.3. The summed E-state index contributed by atoms with van der Waals surface area (Å²) in [5, 5.41) is 0. The fraction of sp³-hybridized carbons (Fsp3) is 0.371. The van der Waals surface area contributed by atoms with Gasteiger partial charge in [-0.2, -0.15) is 0 Å². The fourth-order valence-corrected chi connectivity index (χ4v) is 39.3. The van der Waals surface area contributed by atoms with E-state index in [9.17, 15) is 0 Å². The maximum absolute atomic E-state index is 8.41. The van der Waals surface area contributed by atoms with E-state index in [1.165, 1.54) is 50.1 Å². The van der Waals surface area contributed by atoms with Gasteiger partial charge in [0, 0.05) is 0 Å². The van der Waals surface area contributed by atoms with Crippen molar-refractivity contribution in [2.75, 3.05) is 0 Å². The van der Waals surface area contributed by atoms with Crippen molar-refractivity contribution < 1.29 is 15.6 Å². The first-order valence-electron chi connectivity index (χ1n) is 14.6. The molecule has 2 aliphatic carbocycles. The fourth-order valence-electron chi connectivity index (χ4n) is 7.15. The molecule has 0 amide bonds. The van der Waals surface area contributed by atoms with E-state index in [0.29, 0.717) is 5.92 Å². The van der Waals surface area contributed by atoms with Gasteiger partial charge in [0.25, 0.3) is 0 Å². The van der Waals surface area contributed by atoms with Crippen LogP contribution in [-0.4, -0.2) is 5.92 Å². The summed E-state index contributed by atoms with van der Waals surface area (Å²) >= 11 is -4.63. The molecule has 4 heteroatoms. The van der Waals surface area contributed by atoms with E-state index in [1.54, 1.807) is 0 Å². The van der Waals surface area contributed by atoms with Gasteiger partial charge in [0.15, 0.2) is 0 Å². The van der Waals surface area contributed by atoms with Gasteiger partial charge in [-0.3, -0.25) is 0 Å². The predicted molar refractivity (Wildman–Crippen MR) is 174 cm³/mol. The van der Waals surface area contributed by atoms with Crippen LogP contribution in [0.2, 0.25) is 13.1 Å². The summed E-state index contributed by atoms with van der Waals surface area (Å²) in [4.78, 5) is 0. The zero-order chi connectivity index (χ0) is 28.4. The molecule has 3 unspecified atom stereocenters. The van der Waals surface area contributed by atoms with Crippen LogP contribution in [0.25, 0.3) is 23.3 Å². The van der Waals surface area contributed by atoms with Crippen molar-refractivity contribution in [1.82, 2.24) is 0 Å². The second-order valence-corrected chi connectivity index (χ2v) is 55.9. The molecule has 0 fully saturated rings. The Balaban J connectivity index is 1.74. The molecule has 0 nitrogen and oxygen atoms in total. The number of fused-ring (bicyclic) bond motifs is 2. The van der Waals surface area contributed by atoms with Crippen LogP contribution in [0.1, 0.15) is 83.0 Å². The molecule has 0 bridgehead atoms. The third-order valence-electron chi connectivity index (χ3n) is 9.69. The Bertz CT molecular complexity index is 1470. The molecule has 5 rings (SSSR count). The summed E-state index contributed by atoms with van der Waals surface area (Å²) < 4.78 is 0.301. The van der Waals surface area contributed by atoms with Crippen LogP contribution in [0.5, 0.6) is 0 Å². The van der Waals surface area contributed by atoms with Crippen LogP contribution >= 0.6 is 17.0 Å². The first kappa shape index (κ1) is 29.3. The number of hydrogen-bond acceptors (Lipinski definition) is 0. The van der Waals surface area contributed by atoms with Gasteiger partial charge in [0.1, 0.15) is 0 Å². The molecule has 3 atom stereocenters. The van der Waals surface area contributed by atoms with Crippen LogP contribution in [0.15, 0.2) is 77.9 Å². The van der Waals surface area contributed by atoms with Crippen molar-refractivity contribution in [2.24, 2.45) is 5.92 Å². The van der Waals surface area contributed by atoms with Crippen LogP contribution < -0.4 is 0 Å². The van der Waals surface area contributed by atoms with Gasteiger partial charge in [-0.05, 0) is 0 Å². The van der Waals surface area contributed by atoms with Gasteiger partial charge in [0.05, 0.1) is 0 Å². The van der Waals surface area contributed by atoms with E-state index in [1.807, 2.05) is 0 Å². The molecule has 3 aromatic rings. The normalized spacial score (nSPS) is 20.6. The van der Waals surface area contributed by atoms with Gasteiger partial charge in [-0.25, -0.2) is 0 Å². The minimum absolute atomic E-state index is 0.133. The van der Waals surface area contributed by atoms with Crippen LogP contribution in [0, 0.1) is 5.92 Å². The Kier molecular flexibility index (Phi) is 7.72. The zero-order valence-corrected chi connectivity index (χ0v) is 29.9. The van der Waals surface area contributed by atoms with Crippen LogP contribution in [0.3, 0.4) is 0 Å². The zero-order valence-electron chi connectivity index (χ0n) is 24.8. The Morgan fingerprint density at radius 1 is 0.846 bits per heavy atom. The Labute approximate surface area is 245 Å². The molecule has 205 valence electrons. The second kappa shape index (κ2) is 10.3. The number of benzene rings is 3.